The van der Waals surface area contributed by atoms with Gasteiger partial charge in [-0.1, -0.05) is 20.8 Å². The van der Waals surface area contributed by atoms with E-state index in [1.807, 2.05) is 0 Å². The molecule has 2 bridgehead atoms. The monoisotopic (exact) mass is 790 g/mol. The maximum absolute atomic E-state index is 14.3. The first-order valence-electron chi connectivity index (χ1n) is 18.3. The highest BCUT2D eigenvalue weighted by molar-refractivity contribution is 5.75. The fourth-order valence-electron chi connectivity index (χ4n) is 12.2. The van der Waals surface area contributed by atoms with Crippen LogP contribution in [0.2, 0.25) is 0 Å². The summed E-state index contributed by atoms with van der Waals surface area (Å²) in [4.78, 5) is 80.6. The highest BCUT2D eigenvalue weighted by Gasteiger charge is 3.04. The number of hydrogen-bond donors (Lipinski definition) is 3. The van der Waals surface area contributed by atoms with Crippen LogP contribution >= 0.6 is 0 Å². The first kappa shape index (κ1) is 39.6. The Morgan fingerprint density at radius 1 is 0.964 bits per heavy atom. The van der Waals surface area contributed by atoms with Gasteiger partial charge < -0.3 is 57.6 Å². The third-order valence-electron chi connectivity index (χ3n) is 13.8. The van der Waals surface area contributed by atoms with E-state index in [0.29, 0.717) is 0 Å². The van der Waals surface area contributed by atoms with Gasteiger partial charge in [-0.3, -0.25) is 24.0 Å². The molecule has 2 aliphatic heterocycles. The molecule has 3 heterocycles. The zero-order chi connectivity index (χ0) is 41.2. The van der Waals surface area contributed by atoms with Crippen molar-refractivity contribution < 1.29 is 86.4 Å². The van der Waals surface area contributed by atoms with Crippen LogP contribution in [0.5, 0.6) is 0 Å². The topological polar surface area (TPSA) is 250 Å². The van der Waals surface area contributed by atoms with Crippen LogP contribution in [0.15, 0.2) is 34.8 Å². The largest absolute Gasteiger partial charge is 0.510 e. The SMILES string of the molecule is CCC1=C[C@@H]2[C@](C)([C@@H](OC(C)=O)c3ccoc3)[C@@H](OC(C)=O)[C@@H](OC(C)=O)[C@@]34OC(=O)O[C@@]23[C@H](O1)[C@@]1(O)[C@@H](O)[C@]2(C)C[C@@]1(O)[C@@]4(COC(C)=O)[C@H]2CC(=O)OC. The van der Waals surface area contributed by atoms with Crippen molar-refractivity contribution in [2.24, 2.45) is 28.1 Å². The lowest BCUT2D eigenvalue weighted by molar-refractivity contribution is -0.442. The molecule has 4 saturated carbocycles. The van der Waals surface area contributed by atoms with Gasteiger partial charge in [0.25, 0.3) is 0 Å². The van der Waals surface area contributed by atoms with Crippen LogP contribution in [0.4, 0.5) is 4.79 Å². The van der Waals surface area contributed by atoms with E-state index in [1.54, 1.807) is 6.92 Å². The van der Waals surface area contributed by atoms with Gasteiger partial charge in [0.2, 0.25) is 11.2 Å². The van der Waals surface area contributed by atoms with Crippen molar-refractivity contribution in [3.05, 3.63) is 36.0 Å². The number of allylic oxidation sites excluding steroid dienone is 1. The van der Waals surface area contributed by atoms with Gasteiger partial charge in [0.1, 0.15) is 18.3 Å². The van der Waals surface area contributed by atoms with Gasteiger partial charge in [-0.2, -0.15) is 0 Å². The number of furan rings is 1. The predicted octanol–water partition coefficient (Wildman–Crippen LogP) is 1.71. The standard InChI is InChI=1S/C38H46O18/c1-9-22-12-24-33(7,26(51-18(3)40)21-10-11-49-14-21)27(52-19(4)41)28(53-20(5)42)38-34(16-50-17(2)39)23(13-25(43)48-8)32(6)15-35(34,46)36(47,29(32)44)30(54-22)37(24,38)55-31(45)56-38/h10-12,14,23-24,26-30,44,46-47H,9,13,15-16H2,1-8H3/t23-,24+,26-,27-,28+,29-,30+,32+,33+,34+,35+,36-,37+,38-/m0/s1. The van der Waals surface area contributed by atoms with E-state index in [-0.39, 0.29) is 17.7 Å². The van der Waals surface area contributed by atoms with Crippen molar-refractivity contribution in [3.8, 4) is 0 Å². The Labute approximate surface area is 320 Å². The number of carbonyl (C=O) groups excluding carboxylic acids is 6. The highest BCUT2D eigenvalue weighted by atomic mass is 16.8. The number of ether oxygens (including phenoxy) is 8. The van der Waals surface area contributed by atoms with E-state index in [4.69, 9.17) is 42.3 Å². The molecular weight excluding hydrogens is 744 g/mol. The number of aliphatic hydroxyl groups excluding tert-OH is 1. The molecular formula is C38H46O18. The maximum Gasteiger partial charge on any atom is 0.510 e. The zero-order valence-corrected chi connectivity index (χ0v) is 32.1. The van der Waals surface area contributed by atoms with E-state index in [1.165, 1.54) is 38.5 Å². The fraction of sp³-hybridized carbons (Fsp3) is 0.684. The van der Waals surface area contributed by atoms with Crippen LogP contribution in [0.3, 0.4) is 0 Å². The molecule has 1 saturated heterocycles. The summed E-state index contributed by atoms with van der Waals surface area (Å²) in [7, 11) is 1.10. The average molecular weight is 791 g/mol. The number of hydrogen-bond acceptors (Lipinski definition) is 18. The molecule has 4 aliphatic carbocycles. The quantitative estimate of drug-likeness (QED) is 0.225. The number of rotatable bonds is 10. The van der Waals surface area contributed by atoms with Crippen molar-refractivity contribution in [2.75, 3.05) is 13.7 Å². The second kappa shape index (κ2) is 12.4. The Morgan fingerprint density at radius 2 is 1.62 bits per heavy atom. The van der Waals surface area contributed by atoms with E-state index >= 15 is 0 Å². The van der Waals surface area contributed by atoms with E-state index < -0.39 is 136 Å². The molecule has 3 N–H and O–H groups in total. The van der Waals surface area contributed by atoms with Gasteiger partial charge in [-0.15, -0.1) is 0 Å². The van der Waals surface area contributed by atoms with Gasteiger partial charge in [0.15, 0.2) is 23.9 Å². The van der Waals surface area contributed by atoms with Crippen molar-refractivity contribution in [1.29, 1.82) is 0 Å². The molecule has 18 nitrogen and oxygen atoms in total. The minimum atomic E-state index is -2.85. The normalized spacial score (nSPS) is 44.1. The van der Waals surface area contributed by atoms with Crippen molar-refractivity contribution in [3.63, 3.8) is 0 Å². The number of methoxy groups -OCH3 is 1. The Kier molecular flexibility index (Phi) is 8.76. The summed E-state index contributed by atoms with van der Waals surface area (Å²) in [5.41, 5.74) is -16.7. The van der Waals surface area contributed by atoms with Crippen molar-refractivity contribution >= 4 is 36.0 Å². The van der Waals surface area contributed by atoms with Crippen LogP contribution in [0.1, 0.15) is 79.4 Å². The van der Waals surface area contributed by atoms with Crippen molar-refractivity contribution in [1.82, 2.24) is 0 Å². The smallest absolute Gasteiger partial charge is 0.487 e. The lowest BCUT2D eigenvalue weighted by Crippen LogP contribution is -2.97. The third-order valence-corrected chi connectivity index (χ3v) is 13.8. The molecule has 56 heavy (non-hydrogen) atoms. The van der Waals surface area contributed by atoms with Crippen molar-refractivity contribution in [2.45, 2.75) is 121 Å². The molecule has 7 rings (SSSR count). The highest BCUT2D eigenvalue weighted by Crippen LogP contribution is 2.86. The van der Waals surface area contributed by atoms with E-state index in [0.717, 1.165) is 34.8 Å². The summed E-state index contributed by atoms with van der Waals surface area (Å²) >= 11 is 0. The van der Waals surface area contributed by atoms with Crippen LogP contribution in [0, 0.1) is 28.1 Å². The summed E-state index contributed by atoms with van der Waals surface area (Å²) in [5.74, 6) is -7.34. The number of carbonyl (C=O) groups is 6. The molecule has 0 unspecified atom stereocenters. The molecule has 1 spiro atoms. The fourth-order valence-corrected chi connectivity index (χ4v) is 12.2. The molecule has 18 heteroatoms. The summed E-state index contributed by atoms with van der Waals surface area (Å²) < 4.78 is 54.0. The summed E-state index contributed by atoms with van der Waals surface area (Å²) in [6.45, 7) is 8.05. The molecule has 0 amide bonds. The first-order chi connectivity index (χ1) is 26.1. The van der Waals surface area contributed by atoms with E-state index in [9.17, 15) is 44.1 Å². The average Bonchev–Trinajstić information content (AvgIpc) is 3.84. The van der Waals surface area contributed by atoms with Gasteiger partial charge in [0, 0.05) is 57.4 Å². The molecule has 5 fully saturated rings. The lowest BCUT2D eigenvalue weighted by atomic mass is 9.32. The van der Waals surface area contributed by atoms with Gasteiger partial charge in [-0.25, -0.2) is 4.79 Å². The lowest BCUT2D eigenvalue weighted by Gasteiger charge is -2.76. The third kappa shape index (κ3) is 4.37. The summed E-state index contributed by atoms with van der Waals surface area (Å²) in [5, 5.41) is 39.5. The van der Waals surface area contributed by atoms with Gasteiger partial charge >= 0.3 is 36.0 Å². The number of esters is 5. The molecule has 0 radical (unpaired) electrons. The Bertz CT molecular complexity index is 1910. The Hall–Kier alpha value is -4.68. The van der Waals surface area contributed by atoms with Crippen LogP contribution in [-0.2, 0) is 61.9 Å². The molecule has 1 aromatic heterocycles. The Balaban J connectivity index is 1.72. The molecule has 6 aliphatic rings. The van der Waals surface area contributed by atoms with Crippen LogP contribution in [0.25, 0.3) is 0 Å². The van der Waals surface area contributed by atoms with Gasteiger partial charge in [0.05, 0.1) is 42.3 Å². The summed E-state index contributed by atoms with van der Waals surface area (Å²) in [6, 6.07) is 1.47. The second-order valence-electron chi connectivity index (χ2n) is 16.3. The first-order valence-corrected chi connectivity index (χ1v) is 18.3. The zero-order valence-electron chi connectivity index (χ0n) is 32.1. The summed E-state index contributed by atoms with van der Waals surface area (Å²) in [6.07, 6.45) is -7.74. The van der Waals surface area contributed by atoms with Crippen LogP contribution in [-0.4, -0.2) is 112 Å². The second-order valence-corrected chi connectivity index (χ2v) is 16.3. The molecule has 1 aromatic rings. The molecule has 306 valence electrons. The number of aliphatic hydroxyl groups is 3. The van der Waals surface area contributed by atoms with Gasteiger partial charge in [-0.05, 0) is 24.5 Å². The Morgan fingerprint density at radius 3 is 2.18 bits per heavy atom. The number of fused-ring (bicyclic) bond motifs is 2. The predicted molar refractivity (Wildman–Crippen MR) is 180 cm³/mol. The minimum absolute atomic E-state index is 0.113. The molecule has 0 aromatic carbocycles. The minimum Gasteiger partial charge on any atom is -0.487 e. The maximum atomic E-state index is 14.3. The van der Waals surface area contributed by atoms with Crippen LogP contribution < -0.4 is 0 Å². The van der Waals surface area contributed by atoms with E-state index in [2.05, 4.69) is 0 Å². The molecule has 14 atom stereocenters.